The molecule has 0 radical (unpaired) electrons. The van der Waals surface area contributed by atoms with Crippen molar-refractivity contribution < 1.29 is 14.5 Å². The van der Waals surface area contributed by atoms with Gasteiger partial charge >= 0.3 is 5.97 Å². The number of hydrogen-bond acceptors (Lipinski definition) is 5. The molecule has 21 heavy (non-hydrogen) atoms. The number of carbonyl (C=O) groups excluding carboxylic acids is 1. The van der Waals surface area contributed by atoms with E-state index in [1.54, 1.807) is 12.2 Å². The third-order valence-electron chi connectivity index (χ3n) is 2.77. The summed E-state index contributed by atoms with van der Waals surface area (Å²) < 4.78 is 4.62. The molecule has 0 bridgehead atoms. The molecule has 1 aromatic carbocycles. The van der Waals surface area contributed by atoms with E-state index in [0.717, 1.165) is 0 Å². The van der Waals surface area contributed by atoms with Crippen LogP contribution in [0, 0.1) is 17.0 Å². The molecule has 110 valence electrons. The molecule has 0 fully saturated rings. The fourth-order valence-corrected chi connectivity index (χ4v) is 1.72. The molecular formula is C13H14N4O4. The van der Waals surface area contributed by atoms with Crippen LogP contribution in [0.15, 0.2) is 23.3 Å². The third kappa shape index (κ3) is 4.32. The standard InChI is InChI=1S/C13H14N4O4/c1-9-11(13(18)21-2)7-10(8-12(9)17(19)20)5-3-4-6-15-16-14/h3,5,7-8H,4,6H2,1-2H3. The van der Waals surface area contributed by atoms with Crippen LogP contribution in [0.25, 0.3) is 16.5 Å². The SMILES string of the molecule is COC(=O)c1cc(C=CCCN=[N+]=[N-])cc([N+](=O)[O-])c1C. The van der Waals surface area contributed by atoms with Gasteiger partial charge in [-0.05, 0) is 30.5 Å². The first-order chi connectivity index (χ1) is 10.0. The van der Waals surface area contributed by atoms with Crippen LogP contribution in [0.5, 0.6) is 0 Å². The van der Waals surface area contributed by atoms with Crippen LogP contribution in [0.4, 0.5) is 5.69 Å². The molecule has 0 aliphatic carbocycles. The Morgan fingerprint density at radius 3 is 2.86 bits per heavy atom. The minimum Gasteiger partial charge on any atom is -0.465 e. The van der Waals surface area contributed by atoms with E-state index >= 15 is 0 Å². The van der Waals surface area contributed by atoms with Gasteiger partial charge in [-0.25, -0.2) is 4.79 Å². The zero-order valence-electron chi connectivity index (χ0n) is 11.6. The summed E-state index contributed by atoms with van der Waals surface area (Å²) in [7, 11) is 1.22. The summed E-state index contributed by atoms with van der Waals surface area (Å²) in [4.78, 5) is 24.8. The van der Waals surface area contributed by atoms with Gasteiger partial charge < -0.3 is 4.74 Å². The normalized spacial score (nSPS) is 10.2. The van der Waals surface area contributed by atoms with Gasteiger partial charge in [-0.1, -0.05) is 17.3 Å². The molecule has 8 heteroatoms. The van der Waals surface area contributed by atoms with Crippen LogP contribution in [0.2, 0.25) is 0 Å². The van der Waals surface area contributed by atoms with Crippen LogP contribution in [0.1, 0.15) is 27.9 Å². The number of carbonyl (C=O) groups is 1. The first kappa shape index (κ1) is 16.2. The molecule has 8 nitrogen and oxygen atoms in total. The summed E-state index contributed by atoms with van der Waals surface area (Å²) in [6.45, 7) is 1.80. The molecule has 0 saturated carbocycles. The van der Waals surface area contributed by atoms with E-state index in [9.17, 15) is 14.9 Å². The number of esters is 1. The second-order valence-electron chi connectivity index (χ2n) is 4.11. The Balaban J connectivity index is 3.15. The molecule has 0 spiro atoms. The maximum Gasteiger partial charge on any atom is 0.338 e. The fraction of sp³-hybridized carbons (Fsp3) is 0.308. The maximum absolute atomic E-state index is 11.7. The van der Waals surface area contributed by atoms with Crippen molar-refractivity contribution in [2.75, 3.05) is 13.7 Å². The first-order valence-electron chi connectivity index (χ1n) is 6.06. The van der Waals surface area contributed by atoms with E-state index in [0.29, 0.717) is 18.5 Å². The second kappa shape index (κ2) is 7.66. The van der Waals surface area contributed by atoms with E-state index < -0.39 is 10.9 Å². The highest BCUT2D eigenvalue weighted by Gasteiger charge is 2.20. The average molecular weight is 290 g/mol. The van der Waals surface area contributed by atoms with Crippen molar-refractivity contribution in [3.63, 3.8) is 0 Å². The lowest BCUT2D eigenvalue weighted by molar-refractivity contribution is -0.385. The van der Waals surface area contributed by atoms with Gasteiger partial charge in [0.1, 0.15) is 0 Å². The molecule has 0 unspecified atom stereocenters. The van der Waals surface area contributed by atoms with Gasteiger partial charge in [0.2, 0.25) is 0 Å². The van der Waals surface area contributed by atoms with Crippen molar-refractivity contribution in [3.8, 4) is 0 Å². The Hall–Kier alpha value is -2.86. The van der Waals surface area contributed by atoms with Crippen molar-refractivity contribution in [2.24, 2.45) is 5.11 Å². The summed E-state index contributed by atoms with van der Waals surface area (Å²) in [6.07, 6.45) is 3.84. The predicted octanol–water partition coefficient (Wildman–Crippen LogP) is 3.40. The summed E-state index contributed by atoms with van der Waals surface area (Å²) >= 11 is 0. The molecule has 0 N–H and O–H groups in total. The quantitative estimate of drug-likeness (QED) is 0.152. The molecule has 0 atom stereocenters. The minimum atomic E-state index is -0.625. The van der Waals surface area contributed by atoms with Gasteiger partial charge in [-0.3, -0.25) is 10.1 Å². The average Bonchev–Trinajstić information content (AvgIpc) is 2.47. The van der Waals surface area contributed by atoms with Crippen LogP contribution >= 0.6 is 0 Å². The smallest absolute Gasteiger partial charge is 0.338 e. The van der Waals surface area contributed by atoms with Crippen LogP contribution in [-0.2, 0) is 4.74 Å². The molecular weight excluding hydrogens is 276 g/mol. The monoisotopic (exact) mass is 290 g/mol. The number of nitrogens with zero attached hydrogens (tertiary/aromatic N) is 4. The van der Waals surface area contributed by atoms with E-state index in [-0.39, 0.29) is 16.8 Å². The second-order valence-corrected chi connectivity index (χ2v) is 4.11. The molecule has 0 amide bonds. The zero-order valence-corrected chi connectivity index (χ0v) is 11.6. The molecule has 0 saturated heterocycles. The highest BCUT2D eigenvalue weighted by Crippen LogP contribution is 2.25. The van der Waals surface area contributed by atoms with Crippen molar-refractivity contribution in [1.29, 1.82) is 0 Å². The lowest BCUT2D eigenvalue weighted by Crippen LogP contribution is -2.06. The van der Waals surface area contributed by atoms with Crippen LogP contribution < -0.4 is 0 Å². The van der Waals surface area contributed by atoms with Crippen LogP contribution in [-0.4, -0.2) is 24.5 Å². The Labute approximate surface area is 120 Å². The van der Waals surface area contributed by atoms with E-state index in [4.69, 9.17) is 5.53 Å². The van der Waals surface area contributed by atoms with Gasteiger partial charge in [0.15, 0.2) is 0 Å². The number of hydrogen-bond donors (Lipinski definition) is 0. The Bertz CT molecular complexity index is 633. The zero-order chi connectivity index (χ0) is 15.8. The van der Waals surface area contributed by atoms with Gasteiger partial charge in [-0.2, -0.15) is 0 Å². The number of rotatable bonds is 6. The van der Waals surface area contributed by atoms with Crippen molar-refractivity contribution in [3.05, 3.63) is 55.5 Å². The Morgan fingerprint density at radius 1 is 1.57 bits per heavy atom. The Morgan fingerprint density at radius 2 is 2.29 bits per heavy atom. The van der Waals surface area contributed by atoms with Crippen molar-refractivity contribution in [2.45, 2.75) is 13.3 Å². The number of azide groups is 1. The van der Waals surface area contributed by atoms with E-state index in [1.165, 1.54) is 26.2 Å². The summed E-state index contributed by atoms with van der Waals surface area (Å²) in [5.74, 6) is -0.625. The van der Waals surface area contributed by atoms with Gasteiger partial charge in [-0.15, -0.1) is 0 Å². The Kier molecular flexibility index (Phi) is 5.91. The number of ether oxygens (including phenoxy) is 1. The number of nitro benzene ring substituents is 1. The van der Waals surface area contributed by atoms with Gasteiger partial charge in [0.25, 0.3) is 5.69 Å². The van der Waals surface area contributed by atoms with Gasteiger partial charge in [0, 0.05) is 23.1 Å². The number of nitro groups is 1. The molecule has 0 aliphatic heterocycles. The summed E-state index contributed by atoms with van der Waals surface area (Å²) in [5.41, 5.74) is 8.92. The third-order valence-corrected chi connectivity index (χ3v) is 2.77. The molecule has 0 aromatic heterocycles. The molecule has 1 aromatic rings. The first-order valence-corrected chi connectivity index (χ1v) is 6.06. The minimum absolute atomic E-state index is 0.146. The number of benzene rings is 1. The molecule has 0 aliphatic rings. The topological polar surface area (TPSA) is 118 Å². The highest BCUT2D eigenvalue weighted by atomic mass is 16.6. The summed E-state index contributed by atoms with van der Waals surface area (Å²) in [5, 5.41) is 14.4. The lowest BCUT2D eigenvalue weighted by Gasteiger charge is -2.06. The lowest BCUT2D eigenvalue weighted by atomic mass is 10.0. The van der Waals surface area contributed by atoms with Crippen LogP contribution in [0.3, 0.4) is 0 Å². The number of methoxy groups -OCH3 is 1. The van der Waals surface area contributed by atoms with Crippen molar-refractivity contribution >= 4 is 17.7 Å². The largest absolute Gasteiger partial charge is 0.465 e. The highest BCUT2D eigenvalue weighted by molar-refractivity contribution is 5.93. The fourth-order valence-electron chi connectivity index (χ4n) is 1.72. The van der Waals surface area contributed by atoms with Gasteiger partial charge in [0.05, 0.1) is 17.6 Å². The predicted molar refractivity (Wildman–Crippen MR) is 76.8 cm³/mol. The molecule has 0 heterocycles. The maximum atomic E-state index is 11.7. The molecule has 1 rings (SSSR count). The van der Waals surface area contributed by atoms with E-state index in [2.05, 4.69) is 14.8 Å². The van der Waals surface area contributed by atoms with E-state index in [1.807, 2.05) is 0 Å². The van der Waals surface area contributed by atoms with Crippen molar-refractivity contribution in [1.82, 2.24) is 0 Å². The summed E-state index contributed by atoms with van der Waals surface area (Å²) in [6, 6.07) is 2.91.